The van der Waals surface area contributed by atoms with E-state index < -0.39 is 63.8 Å². The van der Waals surface area contributed by atoms with E-state index in [1.807, 2.05) is 12.2 Å². The zero-order valence-corrected chi connectivity index (χ0v) is 38.2. The fourth-order valence-electron chi connectivity index (χ4n) is 5.64. The maximum absolute atomic E-state index is 12.6. The van der Waals surface area contributed by atoms with Gasteiger partial charge in [-0.25, -0.2) is 4.57 Å². The van der Waals surface area contributed by atoms with Crippen molar-refractivity contribution in [3.63, 3.8) is 0 Å². The standard InChI is InChI=1S/C48H80NO11P/c1-3-5-7-9-11-13-15-17-18-19-20-22-24-26-28-30-34-39-47(52)60-44(41-58-61(55,56)59-42-45(49)48(53)54)40-57-46(51)38-35-31-33-37-43(50)36-32-29-27-25-23-21-16-14-12-10-8-6-4-2/h6,8,12,14,17-18,21,23,27,29,31-33,36,43-45,50H,3-5,7,9-11,13,15-16,19-20,22,24-26,28,30,34-35,37-42,49H2,1-2H3,(H,53,54)(H,55,56)/b8-6-,14-12-,18-17-,23-21-,29-27-,33-31-,36-32-/t43?,44-,45+/m1/s1. The van der Waals surface area contributed by atoms with Crippen molar-refractivity contribution < 1.29 is 52.6 Å². The summed E-state index contributed by atoms with van der Waals surface area (Å²) in [6.45, 7) is 2.49. The first-order chi connectivity index (χ1) is 29.5. The molecule has 5 N–H and O–H groups in total. The summed E-state index contributed by atoms with van der Waals surface area (Å²) in [7, 11) is -4.76. The van der Waals surface area contributed by atoms with Gasteiger partial charge in [0.25, 0.3) is 0 Å². The number of carbonyl (C=O) groups excluding carboxylic acids is 2. The Kier molecular flexibility index (Phi) is 39.6. The number of rotatable bonds is 41. The van der Waals surface area contributed by atoms with E-state index in [0.29, 0.717) is 19.3 Å². The molecule has 0 aromatic carbocycles. The highest BCUT2D eigenvalue weighted by molar-refractivity contribution is 7.47. The number of allylic oxidation sites excluding steroid dienone is 12. The Morgan fingerprint density at radius 2 is 1.15 bits per heavy atom. The summed E-state index contributed by atoms with van der Waals surface area (Å²) < 4.78 is 32.6. The zero-order chi connectivity index (χ0) is 45.1. The van der Waals surface area contributed by atoms with Gasteiger partial charge in [0.15, 0.2) is 6.10 Å². The van der Waals surface area contributed by atoms with Gasteiger partial charge in [-0.05, 0) is 70.6 Å². The molecule has 12 nitrogen and oxygen atoms in total. The van der Waals surface area contributed by atoms with Crippen LogP contribution in [0.3, 0.4) is 0 Å². The van der Waals surface area contributed by atoms with Gasteiger partial charge < -0.3 is 30.3 Å². The normalized spacial score (nSPS) is 15.0. The van der Waals surface area contributed by atoms with E-state index in [2.05, 4.69) is 67.0 Å². The number of phosphoric acid groups is 1. The molecule has 0 amide bonds. The second-order valence-corrected chi connectivity index (χ2v) is 16.5. The van der Waals surface area contributed by atoms with Crippen LogP contribution in [0.5, 0.6) is 0 Å². The fourth-order valence-corrected chi connectivity index (χ4v) is 6.42. The summed E-state index contributed by atoms with van der Waals surface area (Å²) in [5.74, 6) is -2.59. The molecule has 0 bridgehead atoms. The highest BCUT2D eigenvalue weighted by Crippen LogP contribution is 2.43. The molecule has 0 heterocycles. The second-order valence-electron chi connectivity index (χ2n) is 15.0. The quantitative estimate of drug-likeness (QED) is 0.0150. The van der Waals surface area contributed by atoms with Crippen molar-refractivity contribution in [3.05, 3.63) is 85.1 Å². The number of unbranched alkanes of at least 4 members (excludes halogenated alkanes) is 13. The third kappa shape index (κ3) is 41.7. The number of aliphatic hydroxyl groups is 1. The van der Waals surface area contributed by atoms with Crippen LogP contribution >= 0.6 is 7.82 Å². The van der Waals surface area contributed by atoms with Crippen LogP contribution in [0.15, 0.2) is 85.1 Å². The van der Waals surface area contributed by atoms with E-state index in [1.54, 1.807) is 24.3 Å². The average Bonchev–Trinajstić information content (AvgIpc) is 3.23. The Morgan fingerprint density at radius 3 is 1.75 bits per heavy atom. The second kappa shape index (κ2) is 41.9. The lowest BCUT2D eigenvalue weighted by atomic mass is 10.1. The molecule has 0 aliphatic rings. The lowest BCUT2D eigenvalue weighted by Gasteiger charge is -2.20. The summed E-state index contributed by atoms with van der Waals surface area (Å²) in [4.78, 5) is 46.0. The Balaban J connectivity index is 4.56. The van der Waals surface area contributed by atoms with Crippen LogP contribution in [0, 0.1) is 0 Å². The molecule has 348 valence electrons. The number of hydrogen-bond acceptors (Lipinski definition) is 10. The number of esters is 2. The molecule has 0 radical (unpaired) electrons. The molecular weight excluding hydrogens is 797 g/mol. The molecule has 0 saturated carbocycles. The van der Waals surface area contributed by atoms with Gasteiger partial charge >= 0.3 is 25.7 Å². The largest absolute Gasteiger partial charge is 0.480 e. The van der Waals surface area contributed by atoms with Gasteiger partial charge in [0.2, 0.25) is 0 Å². The smallest absolute Gasteiger partial charge is 0.472 e. The van der Waals surface area contributed by atoms with Crippen molar-refractivity contribution in [1.29, 1.82) is 0 Å². The van der Waals surface area contributed by atoms with Crippen molar-refractivity contribution in [2.45, 2.75) is 180 Å². The number of hydrogen-bond donors (Lipinski definition) is 4. The SMILES string of the molecule is CC/C=C\C/C=C\C/C=C\C/C=C\C=C/C(O)C/C=C\CCC(=O)OC[C@H](COP(=O)(O)OC[C@H](N)C(=O)O)OC(=O)CCCCCCCCC/C=C\CCCCCCCC. The molecule has 0 aliphatic heterocycles. The van der Waals surface area contributed by atoms with Crippen molar-refractivity contribution in [1.82, 2.24) is 0 Å². The number of ether oxygens (including phenoxy) is 2. The van der Waals surface area contributed by atoms with Gasteiger partial charge in [-0.1, -0.05) is 163 Å². The molecule has 61 heavy (non-hydrogen) atoms. The van der Waals surface area contributed by atoms with E-state index >= 15 is 0 Å². The van der Waals surface area contributed by atoms with Crippen LogP contribution in [0.1, 0.15) is 162 Å². The third-order valence-corrected chi connectivity index (χ3v) is 10.2. The average molecular weight is 878 g/mol. The van der Waals surface area contributed by atoms with E-state index in [4.69, 9.17) is 24.8 Å². The number of aliphatic carboxylic acids is 1. The summed E-state index contributed by atoms with van der Waals surface area (Å²) in [5.41, 5.74) is 5.33. The summed E-state index contributed by atoms with van der Waals surface area (Å²) in [5, 5.41) is 19.1. The zero-order valence-electron chi connectivity index (χ0n) is 37.3. The minimum absolute atomic E-state index is 0.0105. The maximum atomic E-state index is 12.6. The summed E-state index contributed by atoms with van der Waals surface area (Å²) in [6.07, 6.45) is 48.2. The van der Waals surface area contributed by atoms with Gasteiger partial charge in [0.05, 0.1) is 19.3 Å². The molecule has 0 aromatic heterocycles. The van der Waals surface area contributed by atoms with Gasteiger partial charge in [0, 0.05) is 12.8 Å². The van der Waals surface area contributed by atoms with Gasteiger partial charge in [0.1, 0.15) is 12.6 Å². The van der Waals surface area contributed by atoms with Crippen molar-refractivity contribution in [2.24, 2.45) is 5.73 Å². The molecular formula is C48H80NO11P. The van der Waals surface area contributed by atoms with E-state index in [1.165, 1.54) is 57.8 Å². The number of carboxylic acid groups (broad SMARTS) is 1. The fraction of sp³-hybridized carbons (Fsp3) is 0.646. The number of carboxylic acids is 1. The first-order valence-electron chi connectivity index (χ1n) is 22.7. The molecule has 0 fully saturated rings. The van der Waals surface area contributed by atoms with Crippen LogP contribution in [0.4, 0.5) is 0 Å². The Morgan fingerprint density at radius 1 is 0.607 bits per heavy atom. The van der Waals surface area contributed by atoms with Crippen molar-refractivity contribution in [3.8, 4) is 0 Å². The molecule has 4 atom stereocenters. The number of phosphoric ester groups is 1. The monoisotopic (exact) mass is 878 g/mol. The Hall–Kier alpha value is -3.38. The first-order valence-corrected chi connectivity index (χ1v) is 24.2. The molecule has 0 aromatic rings. The summed E-state index contributed by atoms with van der Waals surface area (Å²) in [6, 6.07) is -1.55. The topological polar surface area (TPSA) is 192 Å². The van der Waals surface area contributed by atoms with Crippen LogP contribution in [-0.2, 0) is 37.5 Å². The lowest BCUT2D eigenvalue weighted by Crippen LogP contribution is -2.34. The Labute approximate surface area is 367 Å². The minimum Gasteiger partial charge on any atom is -0.480 e. The minimum atomic E-state index is -4.76. The van der Waals surface area contributed by atoms with Gasteiger partial charge in [-0.15, -0.1) is 0 Å². The van der Waals surface area contributed by atoms with Crippen LogP contribution in [0.2, 0.25) is 0 Å². The van der Waals surface area contributed by atoms with Gasteiger partial charge in [-0.2, -0.15) is 0 Å². The van der Waals surface area contributed by atoms with E-state index in [9.17, 15) is 28.9 Å². The number of aliphatic hydroxyl groups excluding tert-OH is 1. The predicted molar refractivity (Wildman–Crippen MR) is 246 cm³/mol. The molecule has 13 heteroatoms. The molecule has 0 spiro atoms. The first kappa shape index (κ1) is 57.6. The van der Waals surface area contributed by atoms with Crippen LogP contribution in [-0.4, -0.2) is 71.1 Å². The predicted octanol–water partition coefficient (Wildman–Crippen LogP) is 11.3. The highest BCUT2D eigenvalue weighted by atomic mass is 31.2. The van der Waals surface area contributed by atoms with Crippen LogP contribution < -0.4 is 5.73 Å². The lowest BCUT2D eigenvalue weighted by molar-refractivity contribution is -0.161. The molecule has 0 saturated heterocycles. The molecule has 0 rings (SSSR count). The van der Waals surface area contributed by atoms with Crippen molar-refractivity contribution in [2.75, 3.05) is 19.8 Å². The van der Waals surface area contributed by atoms with E-state index in [-0.39, 0.29) is 12.8 Å². The summed E-state index contributed by atoms with van der Waals surface area (Å²) >= 11 is 0. The van der Waals surface area contributed by atoms with Crippen LogP contribution in [0.25, 0.3) is 0 Å². The van der Waals surface area contributed by atoms with Gasteiger partial charge in [-0.3, -0.25) is 23.4 Å². The molecule has 0 aliphatic carbocycles. The van der Waals surface area contributed by atoms with E-state index in [0.717, 1.165) is 57.8 Å². The maximum Gasteiger partial charge on any atom is 0.472 e. The number of carbonyl (C=O) groups is 3. The van der Waals surface area contributed by atoms with Crippen molar-refractivity contribution >= 4 is 25.7 Å². The number of nitrogens with two attached hydrogens (primary N) is 1. The Bertz CT molecular complexity index is 1370. The molecule has 2 unspecified atom stereocenters. The third-order valence-electron chi connectivity index (χ3n) is 9.22. The highest BCUT2D eigenvalue weighted by Gasteiger charge is 2.28.